The zero-order valence-corrected chi connectivity index (χ0v) is 25.4. The van der Waals surface area contributed by atoms with Crippen molar-refractivity contribution in [3.8, 4) is 5.75 Å². The number of fused-ring (bicyclic) bond motifs is 2. The number of benzene rings is 2. The predicted molar refractivity (Wildman–Crippen MR) is 158 cm³/mol. The third kappa shape index (κ3) is 4.57. The Hall–Kier alpha value is -3.43. The molecule has 1 aliphatic heterocycles. The van der Waals surface area contributed by atoms with E-state index in [9.17, 15) is 9.59 Å². The lowest BCUT2D eigenvalue weighted by Gasteiger charge is -2.26. The van der Waals surface area contributed by atoms with E-state index in [1.165, 1.54) is 24.0 Å². The topological polar surface area (TPSA) is 74.8 Å². The summed E-state index contributed by atoms with van der Waals surface area (Å²) in [5.41, 5.74) is 5.63. The monoisotopic (exact) mass is 607 g/mol. The number of para-hydroxylation sites is 1. The minimum atomic E-state index is -0.766. The number of carbonyl (C=O) groups excluding carboxylic acids is 1. The van der Waals surface area contributed by atoms with Crippen LogP contribution in [-0.2, 0) is 16.6 Å². The van der Waals surface area contributed by atoms with E-state index < -0.39 is 12.0 Å². The van der Waals surface area contributed by atoms with Crippen LogP contribution in [0.15, 0.2) is 61.9 Å². The van der Waals surface area contributed by atoms with Gasteiger partial charge in [-0.25, -0.2) is 9.79 Å². The van der Waals surface area contributed by atoms with Crippen LogP contribution >= 0.6 is 27.3 Å². The van der Waals surface area contributed by atoms with Crippen molar-refractivity contribution in [2.75, 3.05) is 7.11 Å². The summed E-state index contributed by atoms with van der Waals surface area (Å²) >= 11 is 4.88. The number of thiazole rings is 1. The van der Waals surface area contributed by atoms with Crippen molar-refractivity contribution in [1.29, 1.82) is 0 Å². The van der Waals surface area contributed by atoms with Gasteiger partial charge in [-0.2, -0.15) is 0 Å². The molecule has 2 aromatic carbocycles. The van der Waals surface area contributed by atoms with Crippen LogP contribution in [0.2, 0.25) is 0 Å². The minimum Gasteiger partial charge on any atom is -0.491 e. The summed E-state index contributed by atoms with van der Waals surface area (Å²) < 4.78 is 16.4. The van der Waals surface area contributed by atoms with Crippen molar-refractivity contribution < 1.29 is 14.3 Å². The molecule has 0 spiro atoms. The van der Waals surface area contributed by atoms with Gasteiger partial charge in [-0.3, -0.25) is 9.36 Å². The molecule has 0 amide bonds. The van der Waals surface area contributed by atoms with Gasteiger partial charge in [-0.1, -0.05) is 45.5 Å². The number of nitrogens with zero attached hydrogens (tertiary/aromatic N) is 3. The first kappa shape index (κ1) is 27.1. The molecule has 0 fully saturated rings. The number of halogens is 1. The molecule has 3 heterocycles. The van der Waals surface area contributed by atoms with Gasteiger partial charge in [-0.05, 0) is 64.5 Å². The zero-order chi connectivity index (χ0) is 28.2. The number of rotatable bonds is 5. The molecule has 9 heteroatoms. The maximum absolute atomic E-state index is 14.2. The van der Waals surface area contributed by atoms with E-state index >= 15 is 0 Å². The van der Waals surface area contributed by atoms with Gasteiger partial charge in [0.25, 0.3) is 5.56 Å². The van der Waals surface area contributed by atoms with E-state index in [0.29, 0.717) is 31.9 Å². The second-order valence-electron chi connectivity index (χ2n) is 9.95. The molecule has 1 aliphatic rings. The maximum atomic E-state index is 14.2. The fraction of sp³-hybridized carbons (Fsp3) is 0.300. The molecule has 2 aromatic heterocycles. The van der Waals surface area contributed by atoms with Crippen molar-refractivity contribution in [2.45, 2.75) is 46.8 Å². The molecule has 0 saturated heterocycles. The van der Waals surface area contributed by atoms with E-state index in [0.717, 1.165) is 26.6 Å². The van der Waals surface area contributed by atoms with Crippen molar-refractivity contribution in [3.05, 3.63) is 94.2 Å². The van der Waals surface area contributed by atoms with Crippen LogP contribution < -0.4 is 19.6 Å². The molecule has 0 aliphatic carbocycles. The smallest absolute Gasteiger partial charge is 0.338 e. The molecular formula is C30H30BrN3O4S. The zero-order valence-electron chi connectivity index (χ0n) is 23.0. The molecular weight excluding hydrogens is 578 g/mol. The number of aromatic nitrogens is 2. The second kappa shape index (κ2) is 10.3. The number of hydrogen-bond donors (Lipinski definition) is 0. The molecule has 7 nitrogen and oxygen atoms in total. The van der Waals surface area contributed by atoms with Crippen LogP contribution in [0.4, 0.5) is 0 Å². The molecule has 0 unspecified atom stereocenters. The third-order valence-corrected chi connectivity index (χ3v) is 8.56. The van der Waals surface area contributed by atoms with Gasteiger partial charge in [0.2, 0.25) is 0 Å². The van der Waals surface area contributed by atoms with E-state index in [2.05, 4.69) is 46.5 Å². The average molecular weight is 609 g/mol. The van der Waals surface area contributed by atoms with Crippen LogP contribution in [0, 0.1) is 13.8 Å². The highest BCUT2D eigenvalue weighted by Crippen LogP contribution is 2.38. The van der Waals surface area contributed by atoms with Crippen LogP contribution in [-0.4, -0.2) is 28.3 Å². The second-order valence-corrected chi connectivity index (χ2v) is 11.9. The van der Waals surface area contributed by atoms with Crippen LogP contribution in [0.25, 0.3) is 17.0 Å². The molecule has 202 valence electrons. The summed E-state index contributed by atoms with van der Waals surface area (Å²) in [6.07, 6.45) is 1.84. The summed E-state index contributed by atoms with van der Waals surface area (Å²) in [5.74, 6) is 0.0515. The number of hydrogen-bond acceptors (Lipinski definition) is 6. The molecule has 5 rings (SSSR count). The van der Waals surface area contributed by atoms with E-state index in [-0.39, 0.29) is 11.7 Å². The van der Waals surface area contributed by atoms with Crippen LogP contribution in [0.1, 0.15) is 49.2 Å². The predicted octanol–water partition coefficient (Wildman–Crippen LogP) is 5.07. The average Bonchev–Trinajstić information content (AvgIpc) is 3.32. The SMILES string of the molecule is COC(=O)C1=C(C)N=c2s/c(=C\c3c(C)n(C)c4c(C)cccc34)c(=O)n2[C@H]1c1cc(Br)ccc1OC(C)C. The number of aryl methyl sites for hydroxylation is 2. The molecule has 4 aromatic rings. The summed E-state index contributed by atoms with van der Waals surface area (Å²) in [7, 11) is 3.38. The highest BCUT2D eigenvalue weighted by molar-refractivity contribution is 9.10. The fourth-order valence-electron chi connectivity index (χ4n) is 5.26. The summed E-state index contributed by atoms with van der Waals surface area (Å²) in [6, 6.07) is 11.1. The van der Waals surface area contributed by atoms with Crippen LogP contribution in [0.3, 0.4) is 0 Å². The van der Waals surface area contributed by atoms with Crippen molar-refractivity contribution in [3.63, 3.8) is 0 Å². The van der Waals surface area contributed by atoms with E-state index in [1.807, 2.05) is 51.2 Å². The third-order valence-electron chi connectivity index (χ3n) is 7.09. The van der Waals surface area contributed by atoms with Gasteiger partial charge >= 0.3 is 5.97 Å². The Morgan fingerprint density at radius 1 is 1.18 bits per heavy atom. The van der Waals surface area contributed by atoms with E-state index in [1.54, 1.807) is 11.5 Å². The molecule has 0 bridgehead atoms. The molecule has 0 radical (unpaired) electrons. The lowest BCUT2D eigenvalue weighted by atomic mass is 9.95. The number of ether oxygens (including phenoxy) is 2. The quantitative estimate of drug-likeness (QED) is 0.297. The number of esters is 1. The lowest BCUT2D eigenvalue weighted by Crippen LogP contribution is -2.40. The first-order valence-corrected chi connectivity index (χ1v) is 14.3. The fourth-order valence-corrected chi connectivity index (χ4v) is 6.67. The summed E-state index contributed by atoms with van der Waals surface area (Å²) in [6.45, 7) is 9.80. The summed E-state index contributed by atoms with van der Waals surface area (Å²) in [4.78, 5) is 32.5. The van der Waals surface area contributed by atoms with Gasteiger partial charge in [0.15, 0.2) is 4.80 Å². The van der Waals surface area contributed by atoms with Gasteiger partial charge < -0.3 is 14.0 Å². The van der Waals surface area contributed by atoms with Gasteiger partial charge in [0, 0.05) is 33.7 Å². The number of allylic oxidation sites excluding steroid dienone is 1. The Balaban J connectivity index is 1.82. The minimum absolute atomic E-state index is 0.106. The van der Waals surface area contributed by atoms with Gasteiger partial charge in [0.1, 0.15) is 11.8 Å². The van der Waals surface area contributed by atoms with Crippen molar-refractivity contribution in [2.24, 2.45) is 12.0 Å². The van der Waals surface area contributed by atoms with Gasteiger partial charge in [-0.15, -0.1) is 0 Å². The standard InChI is InChI=1S/C30H30BrN3O4S/c1-15(2)38-23-12-11-19(31)13-22(23)27-25(29(36)37-7)17(4)32-30-34(27)28(35)24(39-30)14-21-18(5)33(6)26-16(3)9-8-10-20(21)26/h8-15,27H,1-7H3/b24-14-/t27-/m0/s1. The van der Waals surface area contributed by atoms with E-state index in [4.69, 9.17) is 14.5 Å². The largest absolute Gasteiger partial charge is 0.491 e. The van der Waals surface area contributed by atoms with Gasteiger partial charge in [0.05, 0.1) is 34.5 Å². The Morgan fingerprint density at radius 2 is 1.92 bits per heavy atom. The molecule has 0 N–H and O–H groups in total. The normalized spacial score (nSPS) is 15.6. The Morgan fingerprint density at radius 3 is 2.62 bits per heavy atom. The van der Waals surface area contributed by atoms with Crippen LogP contribution in [0.5, 0.6) is 5.75 Å². The summed E-state index contributed by atoms with van der Waals surface area (Å²) in [5, 5.41) is 1.09. The number of carbonyl (C=O) groups is 1. The van der Waals surface area contributed by atoms with Crippen molar-refractivity contribution >= 4 is 50.2 Å². The first-order valence-electron chi connectivity index (χ1n) is 12.6. The Bertz CT molecular complexity index is 1860. The lowest BCUT2D eigenvalue weighted by molar-refractivity contribution is -0.136. The number of methoxy groups -OCH3 is 1. The highest BCUT2D eigenvalue weighted by atomic mass is 79.9. The first-order chi connectivity index (χ1) is 18.5. The molecule has 1 atom stereocenters. The maximum Gasteiger partial charge on any atom is 0.338 e. The highest BCUT2D eigenvalue weighted by Gasteiger charge is 2.35. The molecule has 0 saturated carbocycles. The van der Waals surface area contributed by atoms with Crippen molar-refractivity contribution in [1.82, 2.24) is 9.13 Å². The Kier molecular flexibility index (Phi) is 7.15. The molecule has 39 heavy (non-hydrogen) atoms. The Labute approximate surface area is 238 Å².